The molecule has 130 valence electrons. The van der Waals surface area contributed by atoms with Crippen LogP contribution in [0.15, 0.2) is 42.7 Å². The minimum absolute atomic E-state index is 0.0542. The Kier molecular flexibility index (Phi) is 5.23. The maximum absolute atomic E-state index is 12.4. The predicted molar refractivity (Wildman–Crippen MR) is 94.2 cm³/mol. The van der Waals surface area contributed by atoms with Gasteiger partial charge in [-0.1, -0.05) is 24.3 Å². The molecule has 7 nitrogen and oxygen atoms in total. The summed E-state index contributed by atoms with van der Waals surface area (Å²) < 4.78 is 0. The van der Waals surface area contributed by atoms with Gasteiger partial charge in [-0.15, -0.1) is 0 Å². The highest BCUT2D eigenvalue weighted by atomic mass is 16.6. The van der Waals surface area contributed by atoms with Gasteiger partial charge in [0.15, 0.2) is 0 Å². The van der Waals surface area contributed by atoms with E-state index in [2.05, 4.69) is 22.4 Å². The van der Waals surface area contributed by atoms with E-state index in [0.29, 0.717) is 31.6 Å². The van der Waals surface area contributed by atoms with Gasteiger partial charge in [0.25, 0.3) is 0 Å². The number of pyridine rings is 1. The molecule has 7 heteroatoms. The highest BCUT2D eigenvalue weighted by molar-refractivity contribution is 5.76. The van der Waals surface area contributed by atoms with Crippen LogP contribution in [0.4, 0.5) is 11.4 Å². The molecule has 25 heavy (non-hydrogen) atoms. The Bertz CT molecular complexity index is 778. The van der Waals surface area contributed by atoms with Crippen molar-refractivity contribution >= 4 is 17.3 Å². The number of carbonyl (C=O) groups excluding carboxylic acids is 1. The second kappa shape index (κ2) is 7.74. The quantitative estimate of drug-likeness (QED) is 0.496. The number of carbonyl (C=O) groups is 1. The van der Waals surface area contributed by atoms with Crippen molar-refractivity contribution in [1.29, 1.82) is 0 Å². The van der Waals surface area contributed by atoms with Crippen LogP contribution in [-0.4, -0.2) is 33.8 Å². The van der Waals surface area contributed by atoms with Crippen LogP contribution in [0.25, 0.3) is 0 Å². The third-order valence-electron chi connectivity index (χ3n) is 4.36. The van der Waals surface area contributed by atoms with E-state index < -0.39 is 4.92 Å². The Balaban J connectivity index is 1.47. The molecule has 0 unspecified atom stereocenters. The van der Waals surface area contributed by atoms with Crippen LogP contribution in [-0.2, 0) is 17.8 Å². The lowest BCUT2D eigenvalue weighted by Crippen LogP contribution is -2.35. The Morgan fingerprint density at radius 3 is 2.88 bits per heavy atom. The van der Waals surface area contributed by atoms with E-state index in [0.717, 1.165) is 13.0 Å². The monoisotopic (exact) mass is 340 g/mol. The third-order valence-corrected chi connectivity index (χ3v) is 4.36. The standard InChI is InChI=1S/C18H20N4O3/c23-18(21-11-8-14-4-1-2-5-15(14)13-21)6-3-9-20-16-7-10-19-12-17(16)22(24)25/h1-2,4-5,7,10,12H,3,6,8-9,11,13H2,(H,19,20). The van der Waals surface area contributed by atoms with Gasteiger partial charge < -0.3 is 10.2 Å². The Labute approximate surface area is 145 Å². The van der Waals surface area contributed by atoms with Gasteiger partial charge in [-0.25, -0.2) is 0 Å². The van der Waals surface area contributed by atoms with Crippen molar-refractivity contribution in [2.24, 2.45) is 0 Å². The number of nitrogens with one attached hydrogen (secondary N) is 1. The van der Waals surface area contributed by atoms with Gasteiger partial charge in [-0.3, -0.25) is 19.9 Å². The van der Waals surface area contributed by atoms with Crippen LogP contribution in [0.5, 0.6) is 0 Å². The number of amides is 1. The zero-order valence-corrected chi connectivity index (χ0v) is 13.9. The molecular formula is C18H20N4O3. The molecule has 1 aromatic carbocycles. The van der Waals surface area contributed by atoms with Crippen LogP contribution in [0.2, 0.25) is 0 Å². The summed E-state index contributed by atoms with van der Waals surface area (Å²) in [7, 11) is 0. The lowest BCUT2D eigenvalue weighted by Gasteiger charge is -2.29. The summed E-state index contributed by atoms with van der Waals surface area (Å²) in [6.45, 7) is 1.92. The van der Waals surface area contributed by atoms with E-state index >= 15 is 0 Å². The Morgan fingerprint density at radius 2 is 2.08 bits per heavy atom. The molecule has 0 fully saturated rings. The van der Waals surface area contributed by atoms with Crippen molar-refractivity contribution in [2.45, 2.75) is 25.8 Å². The van der Waals surface area contributed by atoms with Gasteiger partial charge in [-0.05, 0) is 30.0 Å². The maximum atomic E-state index is 12.4. The number of rotatable bonds is 6. The van der Waals surface area contributed by atoms with E-state index in [4.69, 9.17) is 0 Å². The number of aromatic nitrogens is 1. The van der Waals surface area contributed by atoms with E-state index in [1.165, 1.54) is 23.5 Å². The average molecular weight is 340 g/mol. The maximum Gasteiger partial charge on any atom is 0.310 e. The first-order valence-corrected chi connectivity index (χ1v) is 8.32. The SMILES string of the molecule is O=C(CCCNc1ccncc1[N+](=O)[O-])N1CCc2ccccc2C1. The number of fused-ring (bicyclic) bond motifs is 1. The molecule has 0 aliphatic carbocycles. The molecule has 0 saturated carbocycles. The Morgan fingerprint density at radius 1 is 1.28 bits per heavy atom. The van der Waals surface area contributed by atoms with Gasteiger partial charge in [0.05, 0.1) is 4.92 Å². The highest BCUT2D eigenvalue weighted by Gasteiger charge is 2.20. The molecule has 0 spiro atoms. The summed E-state index contributed by atoms with van der Waals surface area (Å²) in [6, 6.07) is 9.78. The number of hydrogen-bond donors (Lipinski definition) is 1. The lowest BCUT2D eigenvalue weighted by molar-refractivity contribution is -0.384. The van der Waals surface area contributed by atoms with Gasteiger partial charge in [0.1, 0.15) is 11.9 Å². The van der Waals surface area contributed by atoms with Crippen LogP contribution in [0, 0.1) is 10.1 Å². The number of benzene rings is 1. The third kappa shape index (κ3) is 4.12. The fourth-order valence-electron chi connectivity index (χ4n) is 3.01. The van der Waals surface area contributed by atoms with Crippen LogP contribution < -0.4 is 5.32 Å². The second-order valence-electron chi connectivity index (χ2n) is 6.01. The van der Waals surface area contributed by atoms with Crippen molar-refractivity contribution in [1.82, 2.24) is 9.88 Å². The molecule has 1 amide bonds. The topological polar surface area (TPSA) is 88.4 Å². The van der Waals surface area contributed by atoms with Crippen LogP contribution in [0.3, 0.4) is 0 Å². The number of nitro groups is 1. The van der Waals surface area contributed by atoms with E-state index in [-0.39, 0.29) is 11.6 Å². The second-order valence-corrected chi connectivity index (χ2v) is 6.01. The summed E-state index contributed by atoms with van der Waals surface area (Å²) >= 11 is 0. The normalized spacial score (nSPS) is 13.2. The smallest absolute Gasteiger partial charge is 0.310 e. The zero-order valence-electron chi connectivity index (χ0n) is 13.9. The van der Waals surface area contributed by atoms with Gasteiger partial charge in [0.2, 0.25) is 5.91 Å². The molecule has 0 bridgehead atoms. The summed E-state index contributed by atoms with van der Waals surface area (Å²) in [4.78, 5) is 28.5. The molecule has 1 aromatic heterocycles. The van der Waals surface area contributed by atoms with Crippen molar-refractivity contribution in [3.63, 3.8) is 0 Å². The van der Waals surface area contributed by atoms with E-state index in [1.54, 1.807) is 6.07 Å². The largest absolute Gasteiger partial charge is 0.379 e. The molecule has 0 radical (unpaired) electrons. The minimum atomic E-state index is -0.467. The summed E-state index contributed by atoms with van der Waals surface area (Å²) in [5.74, 6) is 0.125. The first-order valence-electron chi connectivity index (χ1n) is 8.32. The lowest BCUT2D eigenvalue weighted by atomic mass is 9.99. The molecule has 1 aliphatic rings. The summed E-state index contributed by atoms with van der Waals surface area (Å²) in [5, 5.41) is 14.0. The first-order chi connectivity index (χ1) is 12.1. The van der Waals surface area contributed by atoms with Gasteiger partial charge >= 0.3 is 5.69 Å². The molecular weight excluding hydrogens is 320 g/mol. The minimum Gasteiger partial charge on any atom is -0.379 e. The molecule has 0 saturated heterocycles. The highest BCUT2D eigenvalue weighted by Crippen LogP contribution is 2.22. The number of nitrogens with zero attached hydrogens (tertiary/aromatic N) is 3. The van der Waals surface area contributed by atoms with Crippen molar-refractivity contribution in [3.05, 3.63) is 64.0 Å². The first kappa shape index (κ1) is 16.9. The Hall–Kier alpha value is -2.96. The van der Waals surface area contributed by atoms with E-state index in [9.17, 15) is 14.9 Å². The van der Waals surface area contributed by atoms with Crippen molar-refractivity contribution in [3.8, 4) is 0 Å². The van der Waals surface area contributed by atoms with E-state index in [1.807, 2.05) is 17.0 Å². The molecule has 3 rings (SSSR count). The van der Waals surface area contributed by atoms with Crippen LogP contribution in [0.1, 0.15) is 24.0 Å². The molecule has 2 aromatic rings. The molecule has 1 N–H and O–H groups in total. The van der Waals surface area contributed by atoms with Gasteiger partial charge in [0, 0.05) is 32.3 Å². The van der Waals surface area contributed by atoms with Crippen molar-refractivity contribution in [2.75, 3.05) is 18.4 Å². The fraction of sp³-hybridized carbons (Fsp3) is 0.333. The number of hydrogen-bond acceptors (Lipinski definition) is 5. The molecule has 1 aliphatic heterocycles. The zero-order chi connectivity index (χ0) is 17.6. The summed E-state index contributed by atoms with van der Waals surface area (Å²) in [5.41, 5.74) is 2.91. The van der Waals surface area contributed by atoms with Crippen LogP contribution >= 0.6 is 0 Å². The summed E-state index contributed by atoms with van der Waals surface area (Å²) in [6.07, 6.45) is 4.66. The number of anilines is 1. The van der Waals surface area contributed by atoms with Gasteiger partial charge in [-0.2, -0.15) is 0 Å². The molecule has 2 heterocycles. The van der Waals surface area contributed by atoms with Crippen molar-refractivity contribution < 1.29 is 9.72 Å². The fourth-order valence-corrected chi connectivity index (χ4v) is 3.01. The molecule has 0 atom stereocenters. The predicted octanol–water partition coefficient (Wildman–Crippen LogP) is 2.77. The average Bonchev–Trinajstić information content (AvgIpc) is 2.64.